The highest BCUT2D eigenvalue weighted by Crippen LogP contribution is 2.48. The molecule has 1 heteroatoms. The summed E-state index contributed by atoms with van der Waals surface area (Å²) in [4.78, 5) is 0. The fraction of sp³-hybridized carbons (Fsp3) is 0. The molecule has 1 nitrogen and oxygen atoms in total. The monoisotopic (exact) mass is 622 g/mol. The number of hydrogen-bond donors (Lipinski definition) is 0. The molecule has 0 amide bonds. The maximum absolute atomic E-state index is 6.40. The summed E-state index contributed by atoms with van der Waals surface area (Å²) in [6.07, 6.45) is 0. The number of hydrogen-bond acceptors (Lipinski definition) is 1. The molecule has 0 saturated carbocycles. The molecule has 1 heterocycles. The van der Waals surface area contributed by atoms with Crippen LogP contribution in [0.4, 0.5) is 0 Å². The summed E-state index contributed by atoms with van der Waals surface area (Å²) >= 11 is 0. The Bertz CT molecular complexity index is 2860. The molecule has 0 aliphatic carbocycles. The smallest absolute Gasteiger partial charge is 0.136 e. The number of fused-ring (bicyclic) bond motifs is 6. The van der Waals surface area contributed by atoms with Gasteiger partial charge in [0.25, 0.3) is 0 Å². The molecule has 10 rings (SSSR count). The molecule has 0 aliphatic heterocycles. The van der Waals surface area contributed by atoms with Crippen LogP contribution in [0.2, 0.25) is 0 Å². The molecule has 0 N–H and O–H groups in total. The van der Waals surface area contributed by atoms with E-state index in [9.17, 15) is 0 Å². The van der Waals surface area contributed by atoms with Gasteiger partial charge in [-0.3, -0.25) is 0 Å². The second-order valence-corrected chi connectivity index (χ2v) is 12.8. The van der Waals surface area contributed by atoms with E-state index in [2.05, 4.69) is 176 Å². The van der Waals surface area contributed by atoms with E-state index in [4.69, 9.17) is 4.42 Å². The van der Waals surface area contributed by atoms with Gasteiger partial charge in [-0.15, -0.1) is 0 Å². The van der Waals surface area contributed by atoms with E-state index in [-0.39, 0.29) is 0 Å². The van der Waals surface area contributed by atoms with Gasteiger partial charge in [0.05, 0.1) is 0 Å². The molecule has 0 saturated heterocycles. The highest BCUT2D eigenvalue weighted by molar-refractivity contribution is 6.26. The zero-order chi connectivity index (χ0) is 32.3. The van der Waals surface area contributed by atoms with Crippen molar-refractivity contribution in [1.29, 1.82) is 0 Å². The Morgan fingerprint density at radius 3 is 1.69 bits per heavy atom. The summed E-state index contributed by atoms with van der Waals surface area (Å²) in [7, 11) is 0. The number of rotatable bonds is 4. The van der Waals surface area contributed by atoms with Crippen molar-refractivity contribution in [2.45, 2.75) is 0 Å². The summed E-state index contributed by atoms with van der Waals surface area (Å²) in [5.41, 5.74) is 11.5. The van der Waals surface area contributed by atoms with Crippen LogP contribution in [-0.2, 0) is 0 Å². The van der Waals surface area contributed by atoms with Gasteiger partial charge >= 0.3 is 0 Å². The molecule has 0 atom stereocenters. The number of furan rings is 1. The maximum Gasteiger partial charge on any atom is 0.136 e. The van der Waals surface area contributed by atoms with E-state index in [0.29, 0.717) is 0 Å². The van der Waals surface area contributed by atoms with Crippen molar-refractivity contribution in [3.63, 3.8) is 0 Å². The summed E-state index contributed by atoms with van der Waals surface area (Å²) in [5.74, 6) is 0. The Morgan fingerprint density at radius 1 is 0.286 bits per heavy atom. The molecule has 0 spiro atoms. The van der Waals surface area contributed by atoms with E-state index in [1.165, 1.54) is 76.8 Å². The van der Waals surface area contributed by atoms with Crippen LogP contribution in [0.15, 0.2) is 186 Å². The summed E-state index contributed by atoms with van der Waals surface area (Å²) in [6, 6.07) is 65.8. The van der Waals surface area contributed by atoms with Crippen LogP contribution < -0.4 is 0 Å². The molecule has 0 radical (unpaired) electrons. The van der Waals surface area contributed by atoms with E-state index in [1.807, 2.05) is 6.07 Å². The van der Waals surface area contributed by atoms with Gasteiger partial charge in [0, 0.05) is 10.8 Å². The lowest BCUT2D eigenvalue weighted by Crippen LogP contribution is -1.92. The van der Waals surface area contributed by atoms with E-state index in [0.717, 1.165) is 21.9 Å². The van der Waals surface area contributed by atoms with Crippen molar-refractivity contribution < 1.29 is 4.42 Å². The Kier molecular flexibility index (Phi) is 6.25. The van der Waals surface area contributed by atoms with Crippen molar-refractivity contribution in [3.8, 4) is 44.5 Å². The molecule has 228 valence electrons. The third-order valence-electron chi connectivity index (χ3n) is 10.1. The topological polar surface area (TPSA) is 13.1 Å². The van der Waals surface area contributed by atoms with Crippen molar-refractivity contribution in [1.82, 2.24) is 0 Å². The maximum atomic E-state index is 6.40. The number of benzene rings is 9. The minimum absolute atomic E-state index is 0.906. The van der Waals surface area contributed by atoms with Gasteiger partial charge in [-0.1, -0.05) is 158 Å². The van der Waals surface area contributed by atoms with Crippen LogP contribution in [0.1, 0.15) is 0 Å². The minimum Gasteiger partial charge on any atom is -0.456 e. The van der Waals surface area contributed by atoms with Crippen molar-refractivity contribution in [2.75, 3.05) is 0 Å². The molecule has 9 aromatic carbocycles. The Hall–Kier alpha value is -6.44. The van der Waals surface area contributed by atoms with Crippen molar-refractivity contribution in [2.24, 2.45) is 0 Å². The normalized spacial score (nSPS) is 11.7. The molecule has 49 heavy (non-hydrogen) atoms. The van der Waals surface area contributed by atoms with E-state index in [1.54, 1.807) is 0 Å². The van der Waals surface area contributed by atoms with Crippen LogP contribution in [0, 0.1) is 0 Å². The van der Waals surface area contributed by atoms with E-state index >= 15 is 0 Å². The molecule has 1 aromatic heterocycles. The molecule has 0 bridgehead atoms. The number of para-hydroxylation sites is 1. The quantitative estimate of drug-likeness (QED) is 0.178. The fourth-order valence-electron chi connectivity index (χ4n) is 7.77. The first-order chi connectivity index (χ1) is 24.3. The molecule has 0 aliphatic rings. The SMILES string of the molecule is c1ccc(-c2ccc3c(-c4ccc(-c5ccc6ccccc6c5)cc4)c4ccccc4c(-c4cccc5oc6ccccc6c45)c3c2)cc1. The second kappa shape index (κ2) is 11.1. The lowest BCUT2D eigenvalue weighted by molar-refractivity contribution is 0.669. The first-order valence-corrected chi connectivity index (χ1v) is 16.8. The predicted molar refractivity (Wildman–Crippen MR) is 208 cm³/mol. The van der Waals surface area contributed by atoms with Gasteiger partial charge in [-0.2, -0.15) is 0 Å². The summed E-state index contributed by atoms with van der Waals surface area (Å²) in [6.45, 7) is 0. The molecule has 10 aromatic rings. The Morgan fingerprint density at radius 2 is 0.857 bits per heavy atom. The molecule has 0 fully saturated rings. The highest BCUT2D eigenvalue weighted by atomic mass is 16.3. The zero-order valence-corrected chi connectivity index (χ0v) is 26.7. The first kappa shape index (κ1) is 27.7. The van der Waals surface area contributed by atoms with Gasteiger partial charge in [0.2, 0.25) is 0 Å². The molecular formula is C48H30O. The summed E-state index contributed by atoms with van der Waals surface area (Å²) in [5, 5.41) is 9.73. The minimum atomic E-state index is 0.906. The van der Waals surface area contributed by atoms with Crippen LogP contribution in [0.3, 0.4) is 0 Å². The standard InChI is InChI=1S/C48H30O/c1-2-11-31(12-3-1)37-27-28-40-43(30-37)47(42-18-10-20-45-48(42)41-17-8-9-19-44(41)49-45)39-16-7-6-15-38(39)46(40)34-24-21-33(22-25-34)36-26-23-32-13-4-5-14-35(32)29-36/h1-30H. The van der Waals surface area contributed by atoms with Crippen molar-refractivity contribution in [3.05, 3.63) is 182 Å². The lowest BCUT2D eigenvalue weighted by Gasteiger charge is -2.19. The first-order valence-electron chi connectivity index (χ1n) is 16.8. The van der Waals surface area contributed by atoms with Crippen LogP contribution in [-0.4, -0.2) is 0 Å². The van der Waals surface area contributed by atoms with E-state index < -0.39 is 0 Å². The lowest BCUT2D eigenvalue weighted by atomic mass is 9.83. The van der Waals surface area contributed by atoms with Crippen molar-refractivity contribution >= 4 is 54.3 Å². The predicted octanol–water partition coefficient (Wildman–Crippen LogP) is 13.7. The zero-order valence-electron chi connectivity index (χ0n) is 26.7. The van der Waals surface area contributed by atoms with Gasteiger partial charge in [-0.25, -0.2) is 0 Å². The highest BCUT2D eigenvalue weighted by Gasteiger charge is 2.21. The largest absolute Gasteiger partial charge is 0.456 e. The Labute approximate surface area is 284 Å². The van der Waals surface area contributed by atoms with Gasteiger partial charge < -0.3 is 4.42 Å². The second-order valence-electron chi connectivity index (χ2n) is 12.8. The van der Waals surface area contributed by atoms with Crippen LogP contribution >= 0.6 is 0 Å². The third kappa shape index (κ3) is 4.47. The van der Waals surface area contributed by atoms with Crippen LogP contribution in [0.5, 0.6) is 0 Å². The van der Waals surface area contributed by atoms with Gasteiger partial charge in [0.1, 0.15) is 11.2 Å². The summed E-state index contributed by atoms with van der Waals surface area (Å²) < 4.78 is 6.40. The third-order valence-corrected chi connectivity index (χ3v) is 10.1. The van der Waals surface area contributed by atoms with Gasteiger partial charge in [0.15, 0.2) is 0 Å². The molecule has 0 unspecified atom stereocenters. The van der Waals surface area contributed by atoms with Crippen LogP contribution in [0.25, 0.3) is 98.8 Å². The Balaban J connectivity index is 1.26. The molecular weight excluding hydrogens is 593 g/mol. The van der Waals surface area contributed by atoms with Gasteiger partial charge in [-0.05, 0) is 101 Å². The fourth-order valence-corrected chi connectivity index (χ4v) is 7.77. The average molecular weight is 623 g/mol. The average Bonchev–Trinajstić information content (AvgIpc) is 3.56.